The number of aliphatic imine (C=N–C) groups is 1. The lowest BCUT2D eigenvalue weighted by Gasteiger charge is -2.32. The highest BCUT2D eigenvalue weighted by Crippen LogP contribution is 2.19. The van der Waals surface area contributed by atoms with E-state index in [1.54, 1.807) is 18.3 Å². The summed E-state index contributed by atoms with van der Waals surface area (Å²) in [4.78, 5) is 4.61. The van der Waals surface area contributed by atoms with Crippen molar-refractivity contribution in [2.75, 3.05) is 45.6 Å². The SMILES string of the molecule is CCNC(=NCCCOc1cccc(OC)c1)NC1CCN(S(=O)(=O)CC)CC1. The standard InChI is InChI=1S/C20H34N4O4S/c1-4-21-20(23-17-10-13-24(14-11-17)29(25,26)5-2)22-12-7-15-28-19-9-6-8-18(16-19)27-3/h6,8-9,16-17H,4-5,7,10-15H2,1-3H3,(H2,21,22,23). The van der Waals surface area contributed by atoms with Crippen LogP contribution in [0, 0.1) is 0 Å². The molecule has 2 rings (SSSR count). The summed E-state index contributed by atoms with van der Waals surface area (Å²) in [5.74, 6) is 2.49. The van der Waals surface area contributed by atoms with E-state index in [0.29, 0.717) is 26.2 Å². The largest absolute Gasteiger partial charge is 0.497 e. The topological polar surface area (TPSA) is 92.3 Å². The van der Waals surface area contributed by atoms with Crippen molar-refractivity contribution < 1.29 is 17.9 Å². The molecule has 29 heavy (non-hydrogen) atoms. The van der Waals surface area contributed by atoms with E-state index in [0.717, 1.165) is 43.3 Å². The zero-order chi connectivity index (χ0) is 21.1. The van der Waals surface area contributed by atoms with Crippen LogP contribution in [0.3, 0.4) is 0 Å². The minimum Gasteiger partial charge on any atom is -0.497 e. The number of methoxy groups -OCH3 is 1. The molecule has 1 aromatic carbocycles. The number of hydrogen-bond donors (Lipinski definition) is 2. The predicted octanol–water partition coefficient (Wildman–Crippen LogP) is 1.83. The summed E-state index contributed by atoms with van der Waals surface area (Å²) in [7, 11) is -1.46. The average molecular weight is 427 g/mol. The Labute approximate surface area is 174 Å². The lowest BCUT2D eigenvalue weighted by Crippen LogP contribution is -2.50. The molecule has 1 heterocycles. The van der Waals surface area contributed by atoms with Gasteiger partial charge in [-0.3, -0.25) is 4.99 Å². The van der Waals surface area contributed by atoms with Crippen LogP contribution in [-0.2, 0) is 10.0 Å². The van der Waals surface area contributed by atoms with Gasteiger partial charge >= 0.3 is 0 Å². The molecule has 0 unspecified atom stereocenters. The van der Waals surface area contributed by atoms with Crippen LogP contribution in [0.15, 0.2) is 29.3 Å². The minimum atomic E-state index is -3.09. The van der Waals surface area contributed by atoms with Crippen molar-refractivity contribution in [2.24, 2.45) is 4.99 Å². The van der Waals surface area contributed by atoms with Gasteiger partial charge in [0.05, 0.1) is 19.5 Å². The fourth-order valence-electron chi connectivity index (χ4n) is 3.11. The summed E-state index contributed by atoms with van der Waals surface area (Å²) in [5, 5.41) is 6.69. The Hall–Kier alpha value is -2.00. The second kappa shape index (κ2) is 11.9. The molecule has 164 valence electrons. The second-order valence-electron chi connectivity index (χ2n) is 6.86. The number of nitrogens with zero attached hydrogens (tertiary/aromatic N) is 2. The summed E-state index contributed by atoms with van der Waals surface area (Å²) in [6.45, 7) is 6.82. The Morgan fingerprint density at radius 2 is 1.97 bits per heavy atom. The van der Waals surface area contributed by atoms with Gasteiger partial charge in [-0.05, 0) is 38.8 Å². The van der Waals surface area contributed by atoms with Crippen molar-refractivity contribution in [3.05, 3.63) is 24.3 Å². The maximum Gasteiger partial charge on any atom is 0.213 e. The summed E-state index contributed by atoms with van der Waals surface area (Å²) >= 11 is 0. The molecule has 9 heteroatoms. The van der Waals surface area contributed by atoms with Crippen LogP contribution >= 0.6 is 0 Å². The molecule has 0 bridgehead atoms. The Morgan fingerprint density at radius 3 is 2.62 bits per heavy atom. The van der Waals surface area contributed by atoms with E-state index >= 15 is 0 Å². The van der Waals surface area contributed by atoms with Crippen LogP contribution in [0.5, 0.6) is 11.5 Å². The molecular weight excluding hydrogens is 392 g/mol. The number of ether oxygens (including phenoxy) is 2. The van der Waals surface area contributed by atoms with Gasteiger partial charge in [-0.1, -0.05) is 6.07 Å². The summed E-state index contributed by atoms with van der Waals surface area (Å²) in [6.07, 6.45) is 2.35. The molecule has 0 aliphatic carbocycles. The van der Waals surface area contributed by atoms with Gasteiger partial charge in [0.25, 0.3) is 0 Å². The minimum absolute atomic E-state index is 0.160. The number of hydrogen-bond acceptors (Lipinski definition) is 5. The number of piperidine rings is 1. The van der Waals surface area contributed by atoms with Crippen molar-refractivity contribution in [1.82, 2.24) is 14.9 Å². The van der Waals surface area contributed by atoms with Gasteiger partial charge in [0.1, 0.15) is 11.5 Å². The molecule has 1 aliphatic heterocycles. The Kier molecular flexibility index (Phi) is 9.53. The highest BCUT2D eigenvalue weighted by atomic mass is 32.2. The summed E-state index contributed by atoms with van der Waals surface area (Å²) in [6, 6.07) is 7.77. The highest BCUT2D eigenvalue weighted by molar-refractivity contribution is 7.89. The van der Waals surface area contributed by atoms with Crippen molar-refractivity contribution in [2.45, 2.75) is 39.2 Å². The second-order valence-corrected chi connectivity index (χ2v) is 9.12. The van der Waals surface area contributed by atoms with Crippen molar-refractivity contribution >= 4 is 16.0 Å². The van der Waals surface area contributed by atoms with E-state index in [1.807, 2.05) is 31.2 Å². The number of nitrogens with one attached hydrogen (secondary N) is 2. The molecule has 1 aliphatic rings. The van der Waals surface area contributed by atoms with Crippen molar-refractivity contribution in [1.29, 1.82) is 0 Å². The molecule has 0 spiro atoms. The molecule has 1 aromatic rings. The highest BCUT2D eigenvalue weighted by Gasteiger charge is 2.26. The van der Waals surface area contributed by atoms with Gasteiger partial charge < -0.3 is 20.1 Å². The van der Waals surface area contributed by atoms with Gasteiger partial charge in [0.2, 0.25) is 10.0 Å². The maximum absolute atomic E-state index is 12.0. The average Bonchev–Trinajstić information content (AvgIpc) is 2.74. The first-order valence-corrected chi connectivity index (χ1v) is 11.9. The van der Waals surface area contributed by atoms with Crippen LogP contribution < -0.4 is 20.1 Å². The molecule has 0 atom stereocenters. The van der Waals surface area contributed by atoms with E-state index in [4.69, 9.17) is 9.47 Å². The van der Waals surface area contributed by atoms with E-state index < -0.39 is 10.0 Å². The summed E-state index contributed by atoms with van der Waals surface area (Å²) < 4.78 is 36.5. The van der Waals surface area contributed by atoms with Crippen molar-refractivity contribution in [3.63, 3.8) is 0 Å². The third kappa shape index (κ3) is 7.74. The zero-order valence-corrected chi connectivity index (χ0v) is 18.5. The number of sulfonamides is 1. The summed E-state index contributed by atoms with van der Waals surface area (Å²) in [5.41, 5.74) is 0. The van der Waals surface area contributed by atoms with Gasteiger partial charge in [0, 0.05) is 44.7 Å². The zero-order valence-electron chi connectivity index (χ0n) is 17.7. The maximum atomic E-state index is 12.0. The fraction of sp³-hybridized carbons (Fsp3) is 0.650. The van der Waals surface area contributed by atoms with Gasteiger partial charge in [-0.15, -0.1) is 0 Å². The molecule has 0 amide bonds. The molecule has 1 saturated heterocycles. The third-order valence-electron chi connectivity index (χ3n) is 4.78. The third-order valence-corrected chi connectivity index (χ3v) is 6.66. The Morgan fingerprint density at radius 1 is 1.24 bits per heavy atom. The van der Waals surface area contributed by atoms with Gasteiger partial charge in [0.15, 0.2) is 5.96 Å². The van der Waals surface area contributed by atoms with Gasteiger partial charge in [-0.2, -0.15) is 0 Å². The van der Waals surface area contributed by atoms with E-state index in [9.17, 15) is 8.42 Å². The van der Waals surface area contributed by atoms with E-state index in [2.05, 4.69) is 15.6 Å². The number of rotatable bonds is 10. The monoisotopic (exact) mass is 426 g/mol. The molecule has 0 radical (unpaired) electrons. The normalized spacial score (nSPS) is 16.4. The van der Waals surface area contributed by atoms with Crippen molar-refractivity contribution in [3.8, 4) is 11.5 Å². The van der Waals surface area contributed by atoms with Gasteiger partial charge in [-0.25, -0.2) is 12.7 Å². The Balaban J connectivity index is 1.75. The molecule has 1 fully saturated rings. The van der Waals surface area contributed by atoms with Crippen LogP contribution in [0.2, 0.25) is 0 Å². The van der Waals surface area contributed by atoms with Crippen LogP contribution in [0.4, 0.5) is 0 Å². The first-order chi connectivity index (χ1) is 14.0. The first kappa shape index (κ1) is 23.3. The smallest absolute Gasteiger partial charge is 0.213 e. The molecule has 0 saturated carbocycles. The first-order valence-electron chi connectivity index (χ1n) is 10.3. The predicted molar refractivity (Wildman–Crippen MR) is 116 cm³/mol. The fourth-order valence-corrected chi connectivity index (χ4v) is 4.24. The Bertz CT molecular complexity index is 747. The molecule has 0 aromatic heterocycles. The number of benzene rings is 1. The molecule has 2 N–H and O–H groups in total. The number of guanidine groups is 1. The lowest BCUT2D eigenvalue weighted by molar-refractivity contribution is 0.305. The quantitative estimate of drug-likeness (QED) is 0.337. The van der Waals surface area contributed by atoms with Crippen LogP contribution in [0.25, 0.3) is 0 Å². The molecule has 8 nitrogen and oxygen atoms in total. The van der Waals surface area contributed by atoms with Crippen LogP contribution in [-0.4, -0.2) is 70.4 Å². The molecular formula is C20H34N4O4S. The van der Waals surface area contributed by atoms with Crippen LogP contribution in [0.1, 0.15) is 33.1 Å². The van der Waals surface area contributed by atoms with E-state index in [-0.39, 0.29) is 11.8 Å². The lowest BCUT2D eigenvalue weighted by atomic mass is 10.1. The van der Waals surface area contributed by atoms with E-state index in [1.165, 1.54) is 0 Å².